The van der Waals surface area contributed by atoms with E-state index >= 15 is 0 Å². The summed E-state index contributed by atoms with van der Waals surface area (Å²) < 4.78 is 10.8. The quantitative estimate of drug-likeness (QED) is 0.233. The predicted molar refractivity (Wildman–Crippen MR) is 127 cm³/mol. The van der Waals surface area contributed by atoms with Gasteiger partial charge in [0.15, 0.2) is 11.0 Å². The van der Waals surface area contributed by atoms with Crippen LogP contribution in [0.2, 0.25) is 0 Å². The van der Waals surface area contributed by atoms with Crippen LogP contribution in [0, 0.1) is 25.2 Å². The summed E-state index contributed by atoms with van der Waals surface area (Å²) in [6, 6.07) is 13.6. The Labute approximate surface area is 198 Å². The molecule has 8 heteroatoms. The van der Waals surface area contributed by atoms with Gasteiger partial charge in [0, 0.05) is 6.42 Å². The van der Waals surface area contributed by atoms with Gasteiger partial charge in [-0.3, -0.25) is 0 Å². The summed E-state index contributed by atoms with van der Waals surface area (Å²) >= 11 is 6.39. The lowest BCUT2D eigenvalue weighted by atomic mass is 9.92. The maximum absolute atomic E-state index is 9.17. The average Bonchev–Trinajstić information content (AvgIpc) is 3.23. The first kappa shape index (κ1) is 24.0. The van der Waals surface area contributed by atoms with Gasteiger partial charge in [0.2, 0.25) is 5.89 Å². The molecule has 0 bridgehead atoms. The molecule has 3 aromatic rings. The second-order valence-electron chi connectivity index (χ2n) is 7.37. The Morgan fingerprint density at radius 3 is 2.55 bits per heavy atom. The molecule has 33 heavy (non-hydrogen) atoms. The molecule has 0 aliphatic heterocycles. The standard InChI is InChI=1S/C25H25ClN4O3/c1-16-13-20(14-22(24(16)31-3)25(26)30-32-4)21(19-11-9-18(15-27)10-12-19)7-5-6-8-23-28-17(2)29-33-23/h7,9-14H,5-6,8H2,1-4H3/b21-7-,30-25-. The first-order valence-corrected chi connectivity index (χ1v) is 10.8. The van der Waals surface area contributed by atoms with Crippen molar-refractivity contribution in [2.24, 2.45) is 5.16 Å². The van der Waals surface area contributed by atoms with Crippen LogP contribution in [0.5, 0.6) is 5.75 Å². The fraction of sp³-hybridized carbons (Fsp3) is 0.280. The van der Waals surface area contributed by atoms with Crippen LogP contribution in [-0.4, -0.2) is 29.5 Å². The molecule has 3 rings (SSSR count). The summed E-state index contributed by atoms with van der Waals surface area (Å²) in [6.07, 6.45) is 4.49. The van der Waals surface area contributed by atoms with Crippen molar-refractivity contribution < 1.29 is 14.1 Å². The third-order valence-corrected chi connectivity index (χ3v) is 5.29. The van der Waals surface area contributed by atoms with Crippen molar-refractivity contribution in [1.29, 1.82) is 5.26 Å². The summed E-state index contributed by atoms with van der Waals surface area (Å²) in [6.45, 7) is 3.76. The van der Waals surface area contributed by atoms with Gasteiger partial charge in [-0.25, -0.2) is 0 Å². The van der Waals surface area contributed by atoms with Crippen molar-refractivity contribution in [3.63, 3.8) is 0 Å². The number of methoxy groups -OCH3 is 1. The van der Waals surface area contributed by atoms with E-state index in [1.807, 2.05) is 31.2 Å². The maximum atomic E-state index is 9.17. The Bertz CT molecular complexity index is 1210. The molecule has 7 nitrogen and oxygen atoms in total. The normalized spacial score (nSPS) is 11.9. The van der Waals surface area contributed by atoms with Gasteiger partial charge in [0.1, 0.15) is 12.9 Å². The topological polar surface area (TPSA) is 93.5 Å². The van der Waals surface area contributed by atoms with Crippen LogP contribution in [0.3, 0.4) is 0 Å². The monoisotopic (exact) mass is 464 g/mol. The van der Waals surface area contributed by atoms with Crippen LogP contribution in [0.25, 0.3) is 5.57 Å². The van der Waals surface area contributed by atoms with Gasteiger partial charge < -0.3 is 14.1 Å². The maximum Gasteiger partial charge on any atom is 0.226 e. The molecule has 1 aromatic heterocycles. The minimum absolute atomic E-state index is 0.199. The van der Waals surface area contributed by atoms with Crippen molar-refractivity contribution in [3.05, 3.63) is 82.0 Å². The van der Waals surface area contributed by atoms with Crippen molar-refractivity contribution >= 4 is 22.3 Å². The molecule has 2 aromatic carbocycles. The van der Waals surface area contributed by atoms with E-state index in [-0.39, 0.29) is 5.17 Å². The minimum Gasteiger partial charge on any atom is -0.496 e. The first-order valence-electron chi connectivity index (χ1n) is 10.4. The van der Waals surface area contributed by atoms with Crippen LogP contribution in [-0.2, 0) is 11.3 Å². The highest BCUT2D eigenvalue weighted by atomic mass is 35.5. The third kappa shape index (κ3) is 5.99. The van der Waals surface area contributed by atoms with Crippen LogP contribution in [0.4, 0.5) is 0 Å². The Balaban J connectivity index is 2.00. The molecule has 0 atom stereocenters. The van der Waals surface area contributed by atoms with Gasteiger partial charge in [-0.05, 0) is 73.2 Å². The number of rotatable bonds is 9. The lowest BCUT2D eigenvalue weighted by Crippen LogP contribution is -2.02. The van der Waals surface area contributed by atoms with E-state index in [4.69, 9.17) is 25.7 Å². The van der Waals surface area contributed by atoms with Gasteiger partial charge in [-0.1, -0.05) is 40.1 Å². The molecule has 0 N–H and O–H groups in total. The summed E-state index contributed by atoms with van der Waals surface area (Å²) in [4.78, 5) is 9.13. The van der Waals surface area contributed by atoms with Gasteiger partial charge in [0.25, 0.3) is 0 Å². The zero-order chi connectivity index (χ0) is 23.8. The van der Waals surface area contributed by atoms with E-state index in [0.717, 1.165) is 35.1 Å². The van der Waals surface area contributed by atoms with E-state index in [1.54, 1.807) is 26.2 Å². The Morgan fingerprint density at radius 1 is 1.18 bits per heavy atom. The number of ether oxygens (including phenoxy) is 1. The van der Waals surface area contributed by atoms with Crippen LogP contribution in [0.15, 0.2) is 52.2 Å². The molecule has 0 aliphatic rings. The number of nitriles is 1. The summed E-state index contributed by atoms with van der Waals surface area (Å²) in [5.41, 5.74) is 5.10. The number of hydrogen-bond acceptors (Lipinski definition) is 7. The van der Waals surface area contributed by atoms with E-state index in [1.165, 1.54) is 7.11 Å². The lowest BCUT2D eigenvalue weighted by Gasteiger charge is -2.16. The second kappa shape index (κ2) is 11.3. The van der Waals surface area contributed by atoms with E-state index in [9.17, 15) is 5.26 Å². The highest BCUT2D eigenvalue weighted by Gasteiger charge is 2.16. The number of halogens is 1. The van der Waals surface area contributed by atoms with Crippen LogP contribution in [0.1, 0.15) is 52.4 Å². The SMILES string of the molecule is CO/N=C(\Cl)c1cc(/C(=C\CCCc2nc(C)no2)c2ccc(C#N)cc2)cc(C)c1OC. The van der Waals surface area contributed by atoms with Gasteiger partial charge in [0.05, 0.1) is 24.3 Å². The lowest BCUT2D eigenvalue weighted by molar-refractivity contribution is 0.214. The zero-order valence-electron chi connectivity index (χ0n) is 19.1. The number of unbranched alkanes of at least 4 members (excludes halogenated alkanes) is 1. The fourth-order valence-electron chi connectivity index (χ4n) is 3.55. The van der Waals surface area contributed by atoms with Gasteiger partial charge >= 0.3 is 0 Å². The number of oxime groups is 1. The Morgan fingerprint density at radius 2 is 1.94 bits per heavy atom. The van der Waals surface area contributed by atoms with Gasteiger partial charge in [-0.2, -0.15) is 10.2 Å². The number of allylic oxidation sites excluding steroid dienone is 1. The molecular formula is C25H25ClN4O3. The number of nitrogens with zero attached hydrogens (tertiary/aromatic N) is 4. The van der Waals surface area contributed by atoms with E-state index in [0.29, 0.717) is 35.0 Å². The molecule has 0 saturated carbocycles. The number of aryl methyl sites for hydroxylation is 3. The van der Waals surface area contributed by atoms with Crippen LogP contribution >= 0.6 is 11.6 Å². The summed E-state index contributed by atoms with van der Waals surface area (Å²) in [5, 5.41) is 17.1. The van der Waals surface area contributed by atoms with Gasteiger partial charge in [-0.15, -0.1) is 0 Å². The number of hydrogen-bond donors (Lipinski definition) is 0. The molecule has 0 unspecified atom stereocenters. The highest BCUT2D eigenvalue weighted by molar-refractivity contribution is 6.69. The van der Waals surface area contributed by atoms with E-state index in [2.05, 4.69) is 27.4 Å². The second-order valence-corrected chi connectivity index (χ2v) is 7.73. The smallest absolute Gasteiger partial charge is 0.226 e. The summed E-state index contributed by atoms with van der Waals surface area (Å²) in [5.74, 6) is 1.90. The van der Waals surface area contributed by atoms with Crippen molar-refractivity contribution in [2.75, 3.05) is 14.2 Å². The number of benzene rings is 2. The molecular weight excluding hydrogens is 440 g/mol. The molecule has 170 valence electrons. The third-order valence-electron chi connectivity index (χ3n) is 5.02. The van der Waals surface area contributed by atoms with Crippen molar-refractivity contribution in [2.45, 2.75) is 33.1 Å². The summed E-state index contributed by atoms with van der Waals surface area (Å²) in [7, 11) is 3.04. The molecule has 0 fully saturated rings. The fourth-order valence-corrected chi connectivity index (χ4v) is 3.76. The molecule has 0 aliphatic carbocycles. The molecule has 0 saturated heterocycles. The predicted octanol–water partition coefficient (Wildman–Crippen LogP) is 5.57. The van der Waals surface area contributed by atoms with E-state index < -0.39 is 0 Å². The first-order chi connectivity index (χ1) is 16.0. The number of aromatic nitrogens is 2. The molecule has 0 radical (unpaired) electrons. The zero-order valence-corrected chi connectivity index (χ0v) is 19.8. The van der Waals surface area contributed by atoms with Crippen molar-refractivity contribution in [1.82, 2.24) is 10.1 Å². The van der Waals surface area contributed by atoms with Crippen molar-refractivity contribution in [3.8, 4) is 11.8 Å². The molecule has 1 heterocycles. The highest BCUT2D eigenvalue weighted by Crippen LogP contribution is 2.33. The minimum atomic E-state index is 0.199. The molecule has 0 amide bonds. The largest absolute Gasteiger partial charge is 0.496 e. The average molecular weight is 465 g/mol. The molecule has 0 spiro atoms. The van der Waals surface area contributed by atoms with Crippen LogP contribution < -0.4 is 4.74 Å². The Hall–Kier alpha value is -3.63. The Kier molecular flexibility index (Phi) is 8.22.